The third-order valence-electron chi connectivity index (χ3n) is 2.61. The molecule has 1 aromatic carbocycles. The summed E-state index contributed by atoms with van der Waals surface area (Å²) in [5, 5.41) is 9.97. The third kappa shape index (κ3) is 2.86. The van der Waals surface area contributed by atoms with Gasteiger partial charge in [-0.3, -0.25) is 0 Å². The van der Waals surface area contributed by atoms with E-state index in [4.69, 9.17) is 16.3 Å². The van der Waals surface area contributed by atoms with Gasteiger partial charge in [0.05, 0.1) is 13.7 Å². The molecule has 1 aromatic rings. The predicted octanol–water partition coefficient (Wildman–Crippen LogP) is 3.08. The molecule has 2 nitrogen and oxygen atoms in total. The molecule has 0 amide bonds. The maximum absolute atomic E-state index is 9.31. The van der Waals surface area contributed by atoms with Gasteiger partial charge < -0.3 is 9.84 Å². The molecule has 0 heterocycles. The summed E-state index contributed by atoms with van der Waals surface area (Å²) in [7, 11) is 1.61. The molecule has 0 aliphatic rings. The van der Waals surface area contributed by atoms with Crippen LogP contribution in [0.2, 0.25) is 5.02 Å². The molecule has 0 aliphatic carbocycles. The zero-order valence-corrected chi connectivity index (χ0v) is 10.1. The van der Waals surface area contributed by atoms with Gasteiger partial charge in [0.25, 0.3) is 0 Å². The lowest BCUT2D eigenvalue weighted by Crippen LogP contribution is -2.11. The second kappa shape index (κ2) is 5.38. The van der Waals surface area contributed by atoms with Gasteiger partial charge in [-0.2, -0.15) is 0 Å². The van der Waals surface area contributed by atoms with Crippen LogP contribution in [0.3, 0.4) is 0 Å². The highest BCUT2D eigenvalue weighted by Gasteiger charge is 2.17. The zero-order valence-electron chi connectivity index (χ0n) is 9.33. The summed E-state index contributed by atoms with van der Waals surface area (Å²) >= 11 is 6.13. The van der Waals surface area contributed by atoms with E-state index in [1.165, 1.54) is 0 Å². The smallest absolute Gasteiger partial charge is 0.120 e. The van der Waals surface area contributed by atoms with Crippen LogP contribution < -0.4 is 4.74 Å². The number of methoxy groups -OCH3 is 1. The second-order valence-electron chi connectivity index (χ2n) is 3.92. The van der Waals surface area contributed by atoms with Crippen molar-refractivity contribution in [1.82, 2.24) is 0 Å². The van der Waals surface area contributed by atoms with Crippen LogP contribution in [0.15, 0.2) is 18.2 Å². The summed E-state index contributed by atoms with van der Waals surface area (Å²) in [4.78, 5) is 0. The number of hydrogen-bond donors (Lipinski definition) is 1. The minimum Gasteiger partial charge on any atom is -0.497 e. The Kier molecular flexibility index (Phi) is 4.43. The molecule has 0 radical (unpaired) electrons. The van der Waals surface area contributed by atoms with Crippen molar-refractivity contribution in [3.63, 3.8) is 0 Å². The quantitative estimate of drug-likeness (QED) is 0.858. The Hall–Kier alpha value is -0.730. The highest BCUT2D eigenvalue weighted by molar-refractivity contribution is 6.31. The summed E-state index contributed by atoms with van der Waals surface area (Å²) in [5.74, 6) is 1.19. The molecule has 1 unspecified atom stereocenters. The minimum absolute atomic E-state index is 0.0865. The van der Waals surface area contributed by atoms with Gasteiger partial charge in [-0.1, -0.05) is 31.5 Å². The Balaban J connectivity index is 3.03. The molecule has 15 heavy (non-hydrogen) atoms. The number of aliphatic hydroxyl groups excluding tert-OH is 1. The van der Waals surface area contributed by atoms with Crippen LogP contribution in [0.1, 0.15) is 25.3 Å². The molecule has 0 saturated heterocycles. The van der Waals surface area contributed by atoms with Crippen LogP contribution in [-0.4, -0.2) is 18.8 Å². The predicted molar refractivity (Wildman–Crippen MR) is 62.7 cm³/mol. The molecule has 0 bridgehead atoms. The topological polar surface area (TPSA) is 29.5 Å². The molecular weight excluding hydrogens is 212 g/mol. The molecule has 1 N–H and O–H groups in total. The fourth-order valence-corrected chi connectivity index (χ4v) is 1.91. The van der Waals surface area contributed by atoms with E-state index in [1.807, 2.05) is 12.1 Å². The Labute approximate surface area is 95.8 Å². The van der Waals surface area contributed by atoms with E-state index in [0.717, 1.165) is 11.3 Å². The zero-order chi connectivity index (χ0) is 11.4. The normalized spacial score (nSPS) is 12.9. The number of halogens is 1. The van der Waals surface area contributed by atoms with Crippen LogP contribution in [0, 0.1) is 5.92 Å². The largest absolute Gasteiger partial charge is 0.497 e. The summed E-state index contributed by atoms with van der Waals surface area (Å²) in [5.41, 5.74) is 0.981. The Bertz CT molecular complexity index is 323. The lowest BCUT2D eigenvalue weighted by molar-refractivity contribution is 0.237. The van der Waals surface area contributed by atoms with Crippen molar-refractivity contribution >= 4 is 11.6 Å². The molecule has 3 heteroatoms. The molecule has 0 saturated carbocycles. The molecule has 1 rings (SSSR count). The van der Waals surface area contributed by atoms with Crippen molar-refractivity contribution in [1.29, 1.82) is 0 Å². The number of hydrogen-bond acceptors (Lipinski definition) is 2. The summed E-state index contributed by atoms with van der Waals surface area (Å²) in [6.45, 7) is 4.26. The maximum Gasteiger partial charge on any atom is 0.120 e. The van der Waals surface area contributed by atoms with Crippen LogP contribution in [0.25, 0.3) is 0 Å². The first kappa shape index (κ1) is 12.3. The lowest BCUT2D eigenvalue weighted by Gasteiger charge is -2.20. The highest BCUT2D eigenvalue weighted by atomic mass is 35.5. The van der Waals surface area contributed by atoms with Gasteiger partial charge in [-0.25, -0.2) is 0 Å². The van der Waals surface area contributed by atoms with Crippen LogP contribution >= 0.6 is 11.6 Å². The maximum atomic E-state index is 9.31. The van der Waals surface area contributed by atoms with Crippen LogP contribution in [0.5, 0.6) is 5.75 Å². The van der Waals surface area contributed by atoms with E-state index in [2.05, 4.69) is 13.8 Å². The average Bonchev–Trinajstić information content (AvgIpc) is 2.20. The number of aliphatic hydroxyl groups is 1. The van der Waals surface area contributed by atoms with Crippen molar-refractivity contribution in [3.05, 3.63) is 28.8 Å². The molecule has 1 atom stereocenters. The Morgan fingerprint density at radius 1 is 1.40 bits per heavy atom. The van der Waals surface area contributed by atoms with Crippen molar-refractivity contribution in [3.8, 4) is 5.75 Å². The monoisotopic (exact) mass is 228 g/mol. The van der Waals surface area contributed by atoms with E-state index in [-0.39, 0.29) is 12.5 Å². The van der Waals surface area contributed by atoms with Crippen molar-refractivity contribution in [2.45, 2.75) is 19.8 Å². The standard InChI is InChI=1S/C12H17ClO2/c1-8(2)11(7-14)10-5-4-9(15-3)6-12(10)13/h4-6,8,11,14H,7H2,1-3H3. The number of ether oxygens (including phenoxy) is 1. The van der Waals surface area contributed by atoms with Gasteiger partial charge in [-0.05, 0) is 23.6 Å². The van der Waals surface area contributed by atoms with Gasteiger partial charge in [-0.15, -0.1) is 0 Å². The Morgan fingerprint density at radius 2 is 2.07 bits per heavy atom. The van der Waals surface area contributed by atoms with Crippen molar-refractivity contribution in [2.24, 2.45) is 5.92 Å². The lowest BCUT2D eigenvalue weighted by atomic mass is 9.89. The van der Waals surface area contributed by atoms with Gasteiger partial charge in [0.2, 0.25) is 0 Å². The molecule has 0 aromatic heterocycles. The van der Waals surface area contributed by atoms with Gasteiger partial charge >= 0.3 is 0 Å². The molecule has 0 fully saturated rings. The van der Waals surface area contributed by atoms with E-state index in [1.54, 1.807) is 13.2 Å². The first-order valence-electron chi connectivity index (χ1n) is 5.04. The number of rotatable bonds is 4. The molecule has 84 valence electrons. The van der Waals surface area contributed by atoms with Gasteiger partial charge in [0, 0.05) is 10.9 Å². The average molecular weight is 229 g/mol. The Morgan fingerprint density at radius 3 is 2.47 bits per heavy atom. The second-order valence-corrected chi connectivity index (χ2v) is 4.33. The third-order valence-corrected chi connectivity index (χ3v) is 2.94. The van der Waals surface area contributed by atoms with E-state index < -0.39 is 0 Å². The van der Waals surface area contributed by atoms with E-state index in [9.17, 15) is 5.11 Å². The van der Waals surface area contributed by atoms with Crippen molar-refractivity contribution < 1.29 is 9.84 Å². The summed E-state index contributed by atoms with van der Waals surface area (Å²) < 4.78 is 5.08. The fraction of sp³-hybridized carbons (Fsp3) is 0.500. The van der Waals surface area contributed by atoms with Crippen LogP contribution in [-0.2, 0) is 0 Å². The highest BCUT2D eigenvalue weighted by Crippen LogP contribution is 2.32. The van der Waals surface area contributed by atoms with Gasteiger partial charge in [0.1, 0.15) is 5.75 Å². The van der Waals surface area contributed by atoms with Crippen LogP contribution in [0.4, 0.5) is 0 Å². The molecular formula is C12H17ClO2. The summed E-state index contributed by atoms with van der Waals surface area (Å²) in [6, 6.07) is 5.57. The molecule has 0 aliphatic heterocycles. The minimum atomic E-state index is 0.0865. The molecule has 0 spiro atoms. The fourth-order valence-electron chi connectivity index (χ4n) is 1.60. The van der Waals surface area contributed by atoms with E-state index >= 15 is 0 Å². The first-order valence-corrected chi connectivity index (χ1v) is 5.42. The SMILES string of the molecule is COc1ccc(C(CO)C(C)C)c(Cl)c1. The van der Waals surface area contributed by atoms with Gasteiger partial charge in [0.15, 0.2) is 0 Å². The first-order chi connectivity index (χ1) is 7.10. The van der Waals surface area contributed by atoms with E-state index in [0.29, 0.717) is 10.9 Å². The number of benzene rings is 1. The summed E-state index contributed by atoms with van der Waals surface area (Å²) in [6.07, 6.45) is 0. The van der Waals surface area contributed by atoms with Crippen molar-refractivity contribution in [2.75, 3.05) is 13.7 Å².